The Bertz CT molecular complexity index is 794. The fourth-order valence-corrected chi connectivity index (χ4v) is 2.98. The Kier molecular flexibility index (Phi) is 5.91. The molecule has 2 N–H and O–H groups in total. The molecule has 0 saturated carbocycles. The van der Waals surface area contributed by atoms with Crippen LogP contribution in [0.4, 0.5) is 29.5 Å². The van der Waals surface area contributed by atoms with E-state index in [2.05, 4.69) is 15.6 Å². The van der Waals surface area contributed by atoms with E-state index in [1.807, 2.05) is 11.8 Å². The molecule has 0 radical (unpaired) electrons. The van der Waals surface area contributed by atoms with E-state index in [4.69, 9.17) is 4.74 Å². The van der Waals surface area contributed by atoms with Crippen molar-refractivity contribution in [2.45, 2.75) is 25.6 Å². The summed E-state index contributed by atoms with van der Waals surface area (Å²) in [6.45, 7) is 3.55. The number of halogens is 3. The zero-order valence-electron chi connectivity index (χ0n) is 15.3. The number of nitrogens with zero attached hydrogens (tertiary/aromatic N) is 2. The van der Waals surface area contributed by atoms with Crippen LogP contribution in [0.15, 0.2) is 42.6 Å². The molecule has 3 rings (SSSR count). The highest BCUT2D eigenvalue weighted by Gasteiger charge is 2.31. The van der Waals surface area contributed by atoms with Crippen molar-refractivity contribution in [2.24, 2.45) is 0 Å². The molecule has 9 heteroatoms. The Balaban J connectivity index is 1.50. The van der Waals surface area contributed by atoms with Gasteiger partial charge in [-0.3, -0.25) is 0 Å². The van der Waals surface area contributed by atoms with Crippen molar-refractivity contribution in [3.05, 3.63) is 48.2 Å². The highest BCUT2D eigenvalue weighted by molar-refractivity contribution is 5.89. The summed E-state index contributed by atoms with van der Waals surface area (Å²) >= 11 is 0. The van der Waals surface area contributed by atoms with Gasteiger partial charge in [0.2, 0.25) is 0 Å². The minimum atomic E-state index is -4.40. The largest absolute Gasteiger partial charge is 0.494 e. The fourth-order valence-electron chi connectivity index (χ4n) is 2.98. The van der Waals surface area contributed by atoms with Crippen LogP contribution in [0.3, 0.4) is 0 Å². The van der Waals surface area contributed by atoms with Crippen LogP contribution in [0.25, 0.3) is 0 Å². The molecular formula is C19H21F3N4O2. The summed E-state index contributed by atoms with van der Waals surface area (Å²) in [4.78, 5) is 17.9. The van der Waals surface area contributed by atoms with Gasteiger partial charge in [-0.25, -0.2) is 9.78 Å². The van der Waals surface area contributed by atoms with Gasteiger partial charge < -0.3 is 20.3 Å². The van der Waals surface area contributed by atoms with Gasteiger partial charge in [-0.05, 0) is 49.7 Å². The van der Waals surface area contributed by atoms with Gasteiger partial charge in [0.05, 0.1) is 12.2 Å². The molecule has 1 aliphatic heterocycles. The molecule has 1 atom stereocenters. The van der Waals surface area contributed by atoms with E-state index in [1.165, 1.54) is 6.07 Å². The lowest BCUT2D eigenvalue weighted by molar-refractivity contribution is -0.137. The third kappa shape index (κ3) is 5.05. The van der Waals surface area contributed by atoms with Crippen LogP contribution in [0.2, 0.25) is 0 Å². The summed E-state index contributed by atoms with van der Waals surface area (Å²) in [6, 6.07) is 8.95. The molecule has 1 aromatic carbocycles. The highest BCUT2D eigenvalue weighted by atomic mass is 19.4. The number of hydrogen-bond acceptors (Lipinski definition) is 4. The van der Waals surface area contributed by atoms with Gasteiger partial charge in [0, 0.05) is 31.0 Å². The van der Waals surface area contributed by atoms with Gasteiger partial charge in [-0.2, -0.15) is 13.2 Å². The minimum Gasteiger partial charge on any atom is -0.494 e. The van der Waals surface area contributed by atoms with Crippen LogP contribution in [-0.4, -0.2) is 36.8 Å². The Morgan fingerprint density at radius 1 is 1.25 bits per heavy atom. The highest BCUT2D eigenvalue weighted by Crippen LogP contribution is 2.30. The summed E-state index contributed by atoms with van der Waals surface area (Å²) in [6.07, 6.45) is -2.90. The van der Waals surface area contributed by atoms with Crippen LogP contribution in [-0.2, 0) is 6.18 Å². The summed E-state index contributed by atoms with van der Waals surface area (Å²) in [5.74, 6) is 1.19. The lowest BCUT2D eigenvalue weighted by Gasteiger charge is -2.18. The average molecular weight is 394 g/mol. The monoisotopic (exact) mass is 394 g/mol. The molecule has 1 fully saturated rings. The van der Waals surface area contributed by atoms with E-state index in [0.717, 1.165) is 18.0 Å². The van der Waals surface area contributed by atoms with Crippen LogP contribution in [0.1, 0.15) is 18.9 Å². The van der Waals surface area contributed by atoms with E-state index in [9.17, 15) is 18.0 Å². The van der Waals surface area contributed by atoms with E-state index in [-0.39, 0.29) is 12.1 Å². The third-order valence-corrected chi connectivity index (χ3v) is 4.35. The number of hydrogen-bond donors (Lipinski definition) is 2. The number of nitrogens with one attached hydrogen (secondary N) is 2. The molecular weight excluding hydrogens is 373 g/mol. The second-order valence-electron chi connectivity index (χ2n) is 6.39. The molecule has 2 aromatic rings. The molecule has 1 aliphatic rings. The average Bonchev–Trinajstić information content (AvgIpc) is 3.11. The van der Waals surface area contributed by atoms with E-state index in [1.54, 1.807) is 24.3 Å². The Labute approximate surface area is 160 Å². The van der Waals surface area contributed by atoms with Crippen molar-refractivity contribution in [1.82, 2.24) is 10.3 Å². The molecule has 1 saturated heterocycles. The zero-order valence-corrected chi connectivity index (χ0v) is 15.3. The summed E-state index contributed by atoms with van der Waals surface area (Å²) in [5.41, 5.74) is -0.139. The number of pyridine rings is 1. The molecule has 150 valence electrons. The number of alkyl halides is 3. The number of carbonyl (C=O) groups excluding carboxylic acids is 1. The zero-order chi connectivity index (χ0) is 20.1. The van der Waals surface area contributed by atoms with Crippen molar-refractivity contribution >= 4 is 17.5 Å². The van der Waals surface area contributed by atoms with Crippen LogP contribution < -0.4 is 20.3 Å². The number of anilines is 2. The SMILES string of the molecule is CCOc1ccc(NC(=O)N[C@H]2CCN(c3ccc(C(F)(F)F)cn3)C2)cc1. The number of aromatic nitrogens is 1. The molecule has 0 aliphatic carbocycles. The summed E-state index contributed by atoms with van der Waals surface area (Å²) < 4.78 is 43.2. The van der Waals surface area contributed by atoms with Gasteiger partial charge in [0.15, 0.2) is 0 Å². The quantitative estimate of drug-likeness (QED) is 0.807. The predicted molar refractivity (Wildman–Crippen MR) is 99.6 cm³/mol. The molecule has 1 aromatic heterocycles. The normalized spacial score (nSPS) is 16.7. The molecule has 0 bridgehead atoms. The van der Waals surface area contributed by atoms with Crippen molar-refractivity contribution in [2.75, 3.05) is 29.9 Å². The van der Waals surface area contributed by atoms with Crippen LogP contribution in [0, 0.1) is 0 Å². The molecule has 2 amide bonds. The number of ether oxygens (including phenoxy) is 1. The van der Waals surface area contributed by atoms with E-state index < -0.39 is 11.7 Å². The van der Waals surface area contributed by atoms with E-state index >= 15 is 0 Å². The molecule has 6 nitrogen and oxygen atoms in total. The van der Waals surface area contributed by atoms with Gasteiger partial charge in [-0.1, -0.05) is 0 Å². The van der Waals surface area contributed by atoms with Crippen molar-refractivity contribution in [3.8, 4) is 5.75 Å². The lowest BCUT2D eigenvalue weighted by atomic mass is 10.2. The van der Waals surface area contributed by atoms with E-state index in [0.29, 0.717) is 37.6 Å². The number of carbonyl (C=O) groups is 1. The first kappa shape index (κ1) is 19.8. The number of urea groups is 1. The number of amides is 2. The molecule has 2 heterocycles. The van der Waals surface area contributed by atoms with Crippen molar-refractivity contribution in [1.29, 1.82) is 0 Å². The smallest absolute Gasteiger partial charge is 0.417 e. The molecule has 0 unspecified atom stereocenters. The summed E-state index contributed by atoms with van der Waals surface area (Å²) in [5, 5.41) is 5.62. The topological polar surface area (TPSA) is 66.5 Å². The predicted octanol–water partition coefficient (Wildman–Crippen LogP) is 3.90. The number of rotatable bonds is 5. The summed E-state index contributed by atoms with van der Waals surface area (Å²) in [7, 11) is 0. The van der Waals surface area contributed by atoms with Crippen LogP contribution >= 0.6 is 0 Å². The first-order valence-electron chi connectivity index (χ1n) is 8.93. The second kappa shape index (κ2) is 8.37. The van der Waals surface area contributed by atoms with Gasteiger partial charge >= 0.3 is 12.2 Å². The molecule has 28 heavy (non-hydrogen) atoms. The van der Waals surface area contributed by atoms with Gasteiger partial charge in [0.1, 0.15) is 11.6 Å². The van der Waals surface area contributed by atoms with Crippen LogP contribution in [0.5, 0.6) is 5.75 Å². The fraction of sp³-hybridized carbons (Fsp3) is 0.368. The first-order chi connectivity index (χ1) is 13.3. The van der Waals surface area contributed by atoms with Crippen molar-refractivity contribution < 1.29 is 22.7 Å². The lowest BCUT2D eigenvalue weighted by Crippen LogP contribution is -2.39. The first-order valence-corrected chi connectivity index (χ1v) is 8.93. The van der Waals surface area contributed by atoms with Crippen molar-refractivity contribution in [3.63, 3.8) is 0 Å². The second-order valence-corrected chi connectivity index (χ2v) is 6.39. The van der Waals surface area contributed by atoms with Gasteiger partial charge in [0.25, 0.3) is 0 Å². The Morgan fingerprint density at radius 2 is 2.00 bits per heavy atom. The maximum absolute atomic E-state index is 12.6. The Morgan fingerprint density at radius 3 is 2.61 bits per heavy atom. The molecule has 0 spiro atoms. The standard InChI is InChI=1S/C19H21F3N4O2/c1-2-28-16-6-4-14(5-7-16)24-18(27)25-15-9-10-26(12-15)17-8-3-13(11-23-17)19(20,21)22/h3-8,11,15H,2,9-10,12H2,1H3,(H2,24,25,27)/t15-/m0/s1. The Hall–Kier alpha value is -2.97. The maximum atomic E-state index is 12.6. The van der Waals surface area contributed by atoms with Gasteiger partial charge in [-0.15, -0.1) is 0 Å². The minimum absolute atomic E-state index is 0.119. The maximum Gasteiger partial charge on any atom is 0.417 e. The third-order valence-electron chi connectivity index (χ3n) is 4.35. The number of benzene rings is 1.